The first-order chi connectivity index (χ1) is 11.4. The van der Waals surface area contributed by atoms with Crippen LogP contribution < -0.4 is 0 Å². The van der Waals surface area contributed by atoms with Gasteiger partial charge >= 0.3 is 0 Å². The highest BCUT2D eigenvalue weighted by atomic mass is 15.2. The van der Waals surface area contributed by atoms with E-state index in [2.05, 4.69) is 82.4 Å². The lowest BCUT2D eigenvalue weighted by Gasteiger charge is -2.09. The molecule has 2 aromatic heterocycles. The summed E-state index contributed by atoms with van der Waals surface area (Å²) in [6.45, 7) is 0. The van der Waals surface area contributed by atoms with Crippen LogP contribution in [0.5, 0.6) is 0 Å². The maximum Gasteiger partial charge on any atom is 0.0825 e. The summed E-state index contributed by atoms with van der Waals surface area (Å²) in [7, 11) is 0. The lowest BCUT2D eigenvalue weighted by Crippen LogP contribution is -1.92. The van der Waals surface area contributed by atoms with Crippen LogP contribution in [0.3, 0.4) is 0 Å². The third kappa shape index (κ3) is 1.72. The summed E-state index contributed by atoms with van der Waals surface area (Å²) in [6.07, 6.45) is 1.98. The van der Waals surface area contributed by atoms with Crippen molar-refractivity contribution in [2.24, 2.45) is 0 Å². The Morgan fingerprint density at radius 1 is 0.609 bits per heavy atom. The first-order valence-electron chi connectivity index (χ1n) is 7.76. The van der Waals surface area contributed by atoms with Gasteiger partial charge in [0.05, 0.1) is 17.2 Å². The highest BCUT2D eigenvalue weighted by Crippen LogP contribution is 2.34. The second-order valence-corrected chi connectivity index (χ2v) is 5.75. The van der Waals surface area contributed by atoms with E-state index >= 15 is 0 Å². The van der Waals surface area contributed by atoms with Gasteiger partial charge < -0.3 is 0 Å². The molecule has 0 saturated carbocycles. The van der Waals surface area contributed by atoms with Crippen LogP contribution in [0, 0.1) is 0 Å². The maximum absolute atomic E-state index is 4.69. The zero-order chi connectivity index (χ0) is 15.2. The summed E-state index contributed by atoms with van der Waals surface area (Å²) in [5, 5.41) is 8.43. The number of hydrogen-bond acceptors (Lipinski definition) is 1. The second kappa shape index (κ2) is 4.68. The van der Waals surface area contributed by atoms with Gasteiger partial charge in [-0.1, -0.05) is 72.8 Å². The Labute approximate surface area is 133 Å². The molecule has 5 aromatic rings. The van der Waals surface area contributed by atoms with Gasteiger partial charge in [-0.05, 0) is 17.0 Å². The smallest absolute Gasteiger partial charge is 0.0825 e. The fraction of sp³-hybridized carbons (Fsp3) is 0. The molecule has 0 aliphatic heterocycles. The molecule has 0 bridgehead atoms. The number of nitrogens with zero attached hydrogens (tertiary/aromatic N) is 2. The molecular formula is C21H14N2. The molecule has 23 heavy (non-hydrogen) atoms. The van der Waals surface area contributed by atoms with Crippen molar-refractivity contribution < 1.29 is 0 Å². The Balaban J connectivity index is 2.06. The molecule has 2 heteroatoms. The van der Waals surface area contributed by atoms with Crippen molar-refractivity contribution in [2.45, 2.75) is 0 Å². The number of rotatable bonds is 1. The van der Waals surface area contributed by atoms with Crippen molar-refractivity contribution in [3.63, 3.8) is 0 Å². The minimum atomic E-state index is 1.14. The Hall–Kier alpha value is -3.13. The topological polar surface area (TPSA) is 17.3 Å². The lowest BCUT2D eigenvalue weighted by atomic mass is 10.0. The quantitative estimate of drug-likeness (QED) is 0.383. The number of para-hydroxylation sites is 1. The average molecular weight is 294 g/mol. The molecule has 3 aromatic carbocycles. The monoisotopic (exact) mass is 294 g/mol. The molecule has 0 unspecified atom stereocenters. The molecule has 0 radical (unpaired) electrons. The van der Waals surface area contributed by atoms with E-state index in [-0.39, 0.29) is 0 Å². The van der Waals surface area contributed by atoms with Crippen LogP contribution >= 0.6 is 0 Å². The largest absolute Gasteiger partial charge is 0.232 e. The van der Waals surface area contributed by atoms with E-state index in [0.29, 0.717) is 0 Å². The molecule has 0 aliphatic rings. The van der Waals surface area contributed by atoms with Crippen LogP contribution in [0.25, 0.3) is 38.3 Å². The van der Waals surface area contributed by atoms with Crippen molar-refractivity contribution in [2.75, 3.05) is 0 Å². The zero-order valence-corrected chi connectivity index (χ0v) is 12.5. The number of benzene rings is 3. The minimum absolute atomic E-state index is 1.14. The van der Waals surface area contributed by atoms with Crippen molar-refractivity contribution in [3.05, 3.63) is 85.1 Å². The summed E-state index contributed by atoms with van der Waals surface area (Å²) in [4.78, 5) is 0. The molecule has 0 N–H and O–H groups in total. The number of aromatic nitrogens is 2. The first-order valence-corrected chi connectivity index (χ1v) is 7.76. The molecule has 0 saturated heterocycles. The van der Waals surface area contributed by atoms with Gasteiger partial charge in [0.1, 0.15) is 0 Å². The molecule has 108 valence electrons. The molecule has 2 nitrogen and oxygen atoms in total. The minimum Gasteiger partial charge on any atom is -0.232 e. The zero-order valence-electron chi connectivity index (χ0n) is 12.5. The van der Waals surface area contributed by atoms with E-state index < -0.39 is 0 Å². The standard InChI is InChI=1S/C21H14N2/c1-2-8-15(9-3-1)19-14-22-23-20-13-7-6-11-17(20)16-10-4-5-12-18(16)21(19)23/h1-14H. The third-order valence-corrected chi connectivity index (χ3v) is 4.46. The molecule has 5 rings (SSSR count). The SMILES string of the molecule is c1ccc(-c2cnn3c4ccccc4c4ccccc4c23)cc1. The van der Waals surface area contributed by atoms with Gasteiger partial charge in [0.25, 0.3) is 0 Å². The van der Waals surface area contributed by atoms with Crippen molar-refractivity contribution in [1.29, 1.82) is 0 Å². The fourth-order valence-electron chi connectivity index (χ4n) is 3.43. The van der Waals surface area contributed by atoms with Gasteiger partial charge in [-0.25, -0.2) is 4.52 Å². The third-order valence-electron chi connectivity index (χ3n) is 4.46. The summed E-state index contributed by atoms with van der Waals surface area (Å²) < 4.78 is 2.07. The summed E-state index contributed by atoms with van der Waals surface area (Å²) in [5.74, 6) is 0. The molecule has 2 heterocycles. The molecule has 0 amide bonds. The number of fused-ring (bicyclic) bond motifs is 6. The van der Waals surface area contributed by atoms with Crippen LogP contribution in [0.4, 0.5) is 0 Å². The molecule has 0 aliphatic carbocycles. The van der Waals surface area contributed by atoms with Crippen LogP contribution in [0.1, 0.15) is 0 Å². The van der Waals surface area contributed by atoms with Crippen molar-refractivity contribution in [1.82, 2.24) is 9.61 Å². The first kappa shape index (κ1) is 12.4. The Morgan fingerprint density at radius 3 is 2.09 bits per heavy atom. The van der Waals surface area contributed by atoms with Gasteiger partial charge in [-0.3, -0.25) is 0 Å². The molecular weight excluding hydrogens is 280 g/mol. The van der Waals surface area contributed by atoms with Gasteiger partial charge in [0, 0.05) is 16.3 Å². The highest BCUT2D eigenvalue weighted by molar-refractivity contribution is 6.15. The predicted octanol–water partition coefficient (Wildman–Crippen LogP) is 5.31. The lowest BCUT2D eigenvalue weighted by molar-refractivity contribution is 1.01. The van der Waals surface area contributed by atoms with E-state index in [9.17, 15) is 0 Å². The maximum atomic E-state index is 4.69. The summed E-state index contributed by atoms with van der Waals surface area (Å²) in [6, 6.07) is 27.5. The van der Waals surface area contributed by atoms with Crippen LogP contribution in [0.15, 0.2) is 85.1 Å². The number of pyridine rings is 1. The normalized spacial score (nSPS) is 11.5. The van der Waals surface area contributed by atoms with E-state index in [0.717, 1.165) is 5.52 Å². The average Bonchev–Trinajstić information content (AvgIpc) is 3.08. The van der Waals surface area contributed by atoms with Crippen LogP contribution in [0.2, 0.25) is 0 Å². The predicted molar refractivity (Wildman–Crippen MR) is 95.6 cm³/mol. The fourth-order valence-corrected chi connectivity index (χ4v) is 3.43. The second-order valence-electron chi connectivity index (χ2n) is 5.75. The number of hydrogen-bond donors (Lipinski definition) is 0. The van der Waals surface area contributed by atoms with E-state index in [4.69, 9.17) is 0 Å². The Kier molecular flexibility index (Phi) is 2.53. The van der Waals surface area contributed by atoms with Crippen LogP contribution in [-0.2, 0) is 0 Å². The molecule has 0 fully saturated rings. The van der Waals surface area contributed by atoms with E-state index in [1.807, 2.05) is 12.3 Å². The van der Waals surface area contributed by atoms with Crippen molar-refractivity contribution in [3.8, 4) is 11.1 Å². The van der Waals surface area contributed by atoms with Gasteiger partial charge in [0.15, 0.2) is 0 Å². The van der Waals surface area contributed by atoms with Crippen LogP contribution in [-0.4, -0.2) is 9.61 Å². The molecule has 0 atom stereocenters. The Bertz CT molecular complexity index is 1150. The van der Waals surface area contributed by atoms with Gasteiger partial charge in [-0.2, -0.15) is 5.10 Å². The molecule has 0 spiro atoms. The van der Waals surface area contributed by atoms with E-state index in [1.54, 1.807) is 0 Å². The van der Waals surface area contributed by atoms with E-state index in [1.165, 1.54) is 32.8 Å². The summed E-state index contributed by atoms with van der Waals surface area (Å²) in [5.41, 5.74) is 4.68. The highest BCUT2D eigenvalue weighted by Gasteiger charge is 2.13. The van der Waals surface area contributed by atoms with Crippen molar-refractivity contribution >= 4 is 27.2 Å². The Morgan fingerprint density at radius 2 is 1.26 bits per heavy atom. The van der Waals surface area contributed by atoms with Gasteiger partial charge in [-0.15, -0.1) is 0 Å². The summed E-state index contributed by atoms with van der Waals surface area (Å²) >= 11 is 0. The van der Waals surface area contributed by atoms with Gasteiger partial charge in [0.2, 0.25) is 0 Å².